The van der Waals surface area contributed by atoms with Gasteiger partial charge in [-0.05, 0) is 17.4 Å². The van der Waals surface area contributed by atoms with Crippen LogP contribution < -0.4 is 0 Å². The average molecular weight is 252 g/mol. The molecule has 17 heavy (non-hydrogen) atoms. The molecule has 0 bridgehead atoms. The molecule has 0 aromatic carbocycles. The summed E-state index contributed by atoms with van der Waals surface area (Å²) >= 11 is 0. The van der Waals surface area contributed by atoms with Gasteiger partial charge in [0.25, 0.3) is 0 Å². The Kier molecular flexibility index (Phi) is 3.36. The first-order valence-electron chi connectivity index (χ1n) is 4.92. The van der Waals surface area contributed by atoms with Crippen LogP contribution in [-0.4, -0.2) is 17.3 Å². The van der Waals surface area contributed by atoms with Crippen LogP contribution in [0, 0.1) is 17.3 Å². The van der Waals surface area contributed by atoms with E-state index in [1.807, 2.05) is 0 Å². The second-order valence-electron chi connectivity index (χ2n) is 4.56. The Hall–Kier alpha value is -1.33. The van der Waals surface area contributed by atoms with E-state index in [0.29, 0.717) is 6.08 Å². The highest BCUT2D eigenvalue weighted by molar-refractivity contribution is 5.76. The number of hydrogen-bond donors (Lipinski definition) is 1. The summed E-state index contributed by atoms with van der Waals surface area (Å²) in [6, 6.07) is 0. The minimum absolute atomic E-state index is 0.299. The third-order valence-corrected chi connectivity index (χ3v) is 3.01. The quantitative estimate of drug-likeness (QED) is 0.618. The summed E-state index contributed by atoms with van der Waals surface area (Å²) in [4.78, 5) is 10.7. The zero-order chi connectivity index (χ0) is 13.4. The Morgan fingerprint density at radius 1 is 1.35 bits per heavy atom. The van der Waals surface area contributed by atoms with Crippen LogP contribution in [-0.2, 0) is 4.79 Å². The summed E-state index contributed by atoms with van der Waals surface area (Å²) in [5.74, 6) is -4.18. The summed E-state index contributed by atoms with van der Waals surface area (Å²) in [6.07, 6.45) is -2.48. The van der Waals surface area contributed by atoms with Gasteiger partial charge in [-0.3, -0.25) is 4.79 Å². The number of allylic oxidation sites excluding steroid dienone is 4. The number of alkyl halides is 3. The van der Waals surface area contributed by atoms with Crippen LogP contribution in [0.1, 0.15) is 13.8 Å². The van der Waals surface area contributed by atoms with Crippen molar-refractivity contribution in [1.29, 1.82) is 0 Å². The SMILES string of the molecule is CC1(C)[C@H](/C=C\C=C(\F)C(F)(F)F)[C@H]1C(=O)O. The normalized spacial score (nSPS) is 28.5. The number of rotatable bonds is 3. The van der Waals surface area contributed by atoms with Crippen LogP contribution in [0.3, 0.4) is 0 Å². The number of halogens is 4. The standard InChI is InChI=1S/C11H12F4O2/c1-10(2)6(8(10)9(16)17)4-3-5-7(12)11(13,14)15/h3-6,8H,1-2H3,(H,16,17)/b4-3-,7-5+/t6-,8+/m1/s1. The molecule has 1 N–H and O–H groups in total. The minimum Gasteiger partial charge on any atom is -0.481 e. The van der Waals surface area contributed by atoms with Crippen molar-refractivity contribution in [3.63, 3.8) is 0 Å². The zero-order valence-corrected chi connectivity index (χ0v) is 9.25. The highest BCUT2D eigenvalue weighted by Gasteiger charge is 2.60. The second-order valence-corrected chi connectivity index (χ2v) is 4.56. The highest BCUT2D eigenvalue weighted by atomic mass is 19.4. The maximum absolute atomic E-state index is 12.4. The maximum Gasteiger partial charge on any atom is 0.442 e. The van der Waals surface area contributed by atoms with E-state index in [4.69, 9.17) is 5.11 Å². The van der Waals surface area contributed by atoms with Gasteiger partial charge < -0.3 is 5.11 Å². The molecule has 0 spiro atoms. The van der Waals surface area contributed by atoms with E-state index in [9.17, 15) is 22.4 Å². The number of carbonyl (C=O) groups is 1. The van der Waals surface area contributed by atoms with Gasteiger partial charge >= 0.3 is 12.1 Å². The van der Waals surface area contributed by atoms with E-state index in [2.05, 4.69) is 0 Å². The molecule has 2 nitrogen and oxygen atoms in total. The smallest absolute Gasteiger partial charge is 0.442 e. The Bertz CT molecular complexity index is 379. The van der Waals surface area contributed by atoms with Gasteiger partial charge in [0, 0.05) is 0 Å². The van der Waals surface area contributed by atoms with Crippen LogP contribution in [0.5, 0.6) is 0 Å². The van der Waals surface area contributed by atoms with Crippen LogP contribution >= 0.6 is 0 Å². The molecule has 0 amide bonds. The predicted octanol–water partition coefficient (Wildman–Crippen LogP) is 3.32. The number of hydrogen-bond acceptors (Lipinski definition) is 1. The highest BCUT2D eigenvalue weighted by Crippen LogP contribution is 2.59. The summed E-state index contributed by atoms with van der Waals surface area (Å²) in [5, 5.41) is 8.79. The van der Waals surface area contributed by atoms with E-state index in [1.54, 1.807) is 13.8 Å². The first kappa shape index (κ1) is 13.7. The van der Waals surface area contributed by atoms with E-state index in [0.717, 1.165) is 6.08 Å². The molecular weight excluding hydrogens is 240 g/mol. The van der Waals surface area contributed by atoms with Crippen molar-refractivity contribution in [1.82, 2.24) is 0 Å². The van der Waals surface area contributed by atoms with Crippen molar-refractivity contribution in [2.45, 2.75) is 20.0 Å². The molecule has 6 heteroatoms. The molecule has 1 fully saturated rings. The van der Waals surface area contributed by atoms with Gasteiger partial charge in [-0.1, -0.05) is 26.0 Å². The fourth-order valence-electron chi connectivity index (χ4n) is 1.86. The Morgan fingerprint density at radius 3 is 2.24 bits per heavy atom. The van der Waals surface area contributed by atoms with Crippen LogP contribution in [0.4, 0.5) is 17.6 Å². The lowest BCUT2D eigenvalue weighted by molar-refractivity contribution is -0.139. The predicted molar refractivity (Wildman–Crippen MR) is 52.8 cm³/mol. The summed E-state index contributed by atoms with van der Waals surface area (Å²) in [7, 11) is 0. The third kappa shape index (κ3) is 2.87. The van der Waals surface area contributed by atoms with Crippen molar-refractivity contribution in [3.05, 3.63) is 24.1 Å². The molecule has 1 saturated carbocycles. The minimum atomic E-state index is -4.99. The molecule has 0 heterocycles. The van der Waals surface area contributed by atoms with Crippen molar-refractivity contribution >= 4 is 5.97 Å². The fourth-order valence-corrected chi connectivity index (χ4v) is 1.86. The molecule has 0 radical (unpaired) electrons. The number of aliphatic carboxylic acids is 1. The average Bonchev–Trinajstić information content (AvgIpc) is 2.66. The maximum atomic E-state index is 12.4. The molecule has 1 aliphatic carbocycles. The van der Waals surface area contributed by atoms with Gasteiger partial charge in [0.15, 0.2) is 0 Å². The van der Waals surface area contributed by atoms with E-state index < -0.39 is 29.3 Å². The van der Waals surface area contributed by atoms with Gasteiger partial charge in [0.2, 0.25) is 5.83 Å². The Morgan fingerprint density at radius 2 is 1.88 bits per heavy atom. The zero-order valence-electron chi connectivity index (χ0n) is 9.25. The van der Waals surface area contributed by atoms with Crippen LogP contribution in [0.15, 0.2) is 24.1 Å². The summed E-state index contributed by atoms with van der Waals surface area (Å²) < 4.78 is 47.7. The van der Waals surface area contributed by atoms with Gasteiger partial charge in [0.05, 0.1) is 5.92 Å². The molecule has 2 atom stereocenters. The van der Waals surface area contributed by atoms with E-state index in [1.165, 1.54) is 6.08 Å². The molecule has 0 aromatic heterocycles. The fraction of sp³-hybridized carbons (Fsp3) is 0.545. The van der Waals surface area contributed by atoms with Crippen molar-refractivity contribution in [2.24, 2.45) is 17.3 Å². The van der Waals surface area contributed by atoms with Crippen LogP contribution in [0.25, 0.3) is 0 Å². The molecule has 0 aromatic rings. The van der Waals surface area contributed by atoms with Crippen LogP contribution in [0.2, 0.25) is 0 Å². The first-order valence-corrected chi connectivity index (χ1v) is 4.92. The van der Waals surface area contributed by atoms with Gasteiger partial charge in [-0.25, -0.2) is 4.39 Å². The van der Waals surface area contributed by atoms with Gasteiger partial charge in [0.1, 0.15) is 0 Å². The lowest BCUT2D eigenvalue weighted by atomic mass is 10.1. The Labute approximate surface area is 95.6 Å². The van der Waals surface area contributed by atoms with Crippen molar-refractivity contribution < 1.29 is 27.5 Å². The molecule has 1 aliphatic rings. The monoisotopic (exact) mass is 252 g/mol. The summed E-state index contributed by atoms with van der Waals surface area (Å²) in [6.45, 7) is 3.40. The molecular formula is C11H12F4O2. The molecule has 1 rings (SSSR count). The number of carboxylic acid groups (broad SMARTS) is 1. The Balaban J connectivity index is 2.67. The largest absolute Gasteiger partial charge is 0.481 e. The summed E-state index contributed by atoms with van der Waals surface area (Å²) in [5.41, 5.74) is -0.495. The van der Waals surface area contributed by atoms with E-state index >= 15 is 0 Å². The second kappa shape index (κ2) is 4.16. The molecule has 96 valence electrons. The molecule has 0 unspecified atom stereocenters. The number of carboxylic acids is 1. The lowest BCUT2D eigenvalue weighted by Crippen LogP contribution is -2.07. The van der Waals surface area contributed by atoms with Gasteiger partial charge in [-0.2, -0.15) is 13.2 Å². The van der Waals surface area contributed by atoms with Crippen molar-refractivity contribution in [2.75, 3.05) is 0 Å². The third-order valence-electron chi connectivity index (χ3n) is 3.01. The van der Waals surface area contributed by atoms with E-state index in [-0.39, 0.29) is 5.92 Å². The lowest BCUT2D eigenvalue weighted by Gasteiger charge is -2.00. The molecule has 0 aliphatic heterocycles. The van der Waals surface area contributed by atoms with Crippen molar-refractivity contribution in [3.8, 4) is 0 Å². The van der Waals surface area contributed by atoms with Gasteiger partial charge in [-0.15, -0.1) is 0 Å². The topological polar surface area (TPSA) is 37.3 Å². The molecule has 0 saturated heterocycles. The first-order chi connectivity index (χ1) is 7.58.